The molecule has 0 spiro atoms. The van der Waals surface area contributed by atoms with Gasteiger partial charge < -0.3 is 10.6 Å². The normalized spacial score (nSPS) is 9.57. The van der Waals surface area contributed by atoms with Gasteiger partial charge in [-0.3, -0.25) is 0 Å². The number of aryl methyl sites for hydroxylation is 1. The number of anilines is 1. The minimum atomic E-state index is 0.843. The van der Waals surface area contributed by atoms with Crippen molar-refractivity contribution < 1.29 is 0 Å². The molecular weight excluding hydrogens is 280 g/mol. The van der Waals surface area contributed by atoms with Gasteiger partial charge in [0, 0.05) is 5.69 Å². The number of hydrogen-bond donors (Lipinski definition) is 1. The second-order valence-electron chi connectivity index (χ2n) is 5.69. The fourth-order valence-electron chi connectivity index (χ4n) is 2.23. The first-order valence-corrected chi connectivity index (χ1v) is 9.20. The highest BCUT2D eigenvalue weighted by molar-refractivity contribution is 5.64. The van der Waals surface area contributed by atoms with Crippen molar-refractivity contribution in [1.29, 1.82) is 0 Å². The molecule has 0 atom stereocenters. The molecule has 2 N–H and O–H groups in total. The summed E-state index contributed by atoms with van der Waals surface area (Å²) in [7, 11) is 0. The molecule has 0 saturated heterocycles. The number of nitrogens with zero attached hydrogens (tertiary/aromatic N) is 1. The summed E-state index contributed by atoms with van der Waals surface area (Å²) >= 11 is 0. The zero-order chi connectivity index (χ0) is 18.3. The van der Waals surface area contributed by atoms with Gasteiger partial charge >= 0.3 is 0 Å². The largest absolute Gasteiger partial charge is 0.399 e. The van der Waals surface area contributed by atoms with Crippen LogP contribution in [0.1, 0.15) is 71.9 Å². The minimum Gasteiger partial charge on any atom is -0.399 e. The molecule has 2 nitrogen and oxygen atoms in total. The molecule has 0 unspecified atom stereocenters. The minimum absolute atomic E-state index is 0.843. The van der Waals surface area contributed by atoms with Gasteiger partial charge in [0.2, 0.25) is 0 Å². The Hall–Kier alpha value is -1.28. The van der Waals surface area contributed by atoms with Crippen LogP contribution >= 0.6 is 0 Å². The van der Waals surface area contributed by atoms with Crippen molar-refractivity contribution in [2.75, 3.05) is 25.4 Å². The first-order chi connectivity index (χ1) is 11.0. The first kappa shape index (κ1) is 24.0. The summed E-state index contributed by atoms with van der Waals surface area (Å²) in [4.78, 5) is 2.54. The Morgan fingerprint density at radius 1 is 1.00 bits per heavy atom. The zero-order valence-electron chi connectivity index (χ0n) is 16.7. The molecule has 0 radical (unpaired) electrons. The Balaban J connectivity index is 0. The highest BCUT2D eigenvalue weighted by Gasteiger charge is 1.98. The molecule has 0 aromatic heterocycles. The fourth-order valence-corrected chi connectivity index (χ4v) is 2.23. The standard InChI is InChI=1S/C10H13N.C9H21N.C2H6/c1-7(2)9-4-5-10(11)8(3)6-9;1-4-7-10(8-5-2)9-6-3;1-2/h4-6H,1,11H2,2-3H3;4-9H2,1-3H3;1-2H3. The van der Waals surface area contributed by atoms with Gasteiger partial charge in [0.25, 0.3) is 0 Å². The van der Waals surface area contributed by atoms with Crippen LogP contribution in [0.2, 0.25) is 0 Å². The third-order valence-electron chi connectivity index (χ3n) is 3.38. The van der Waals surface area contributed by atoms with E-state index in [0.29, 0.717) is 0 Å². The van der Waals surface area contributed by atoms with E-state index in [9.17, 15) is 0 Å². The van der Waals surface area contributed by atoms with Crippen LogP contribution in [0, 0.1) is 6.92 Å². The summed E-state index contributed by atoms with van der Waals surface area (Å²) in [5.41, 5.74) is 9.86. The zero-order valence-corrected chi connectivity index (χ0v) is 16.7. The van der Waals surface area contributed by atoms with E-state index in [1.807, 2.05) is 39.8 Å². The van der Waals surface area contributed by atoms with E-state index < -0.39 is 0 Å². The lowest BCUT2D eigenvalue weighted by Gasteiger charge is -2.19. The van der Waals surface area contributed by atoms with Crippen LogP contribution in [0.15, 0.2) is 24.8 Å². The molecule has 1 aromatic carbocycles. The second kappa shape index (κ2) is 15.6. The maximum Gasteiger partial charge on any atom is 0.0344 e. The molecule has 0 saturated carbocycles. The van der Waals surface area contributed by atoms with Crippen molar-refractivity contribution in [1.82, 2.24) is 4.90 Å². The number of hydrogen-bond acceptors (Lipinski definition) is 2. The molecule has 0 fully saturated rings. The molecule has 1 aromatic rings. The van der Waals surface area contributed by atoms with Gasteiger partial charge in [-0.05, 0) is 76.0 Å². The Kier molecular flexibility index (Phi) is 16.3. The SMILES string of the molecule is C=C(C)c1ccc(N)c(C)c1.CC.CCCN(CCC)CCC. The van der Waals surface area contributed by atoms with Crippen LogP contribution in [0.3, 0.4) is 0 Å². The maximum absolute atomic E-state index is 5.66. The van der Waals surface area contributed by atoms with Crippen molar-refractivity contribution in [3.8, 4) is 0 Å². The summed E-state index contributed by atoms with van der Waals surface area (Å²) in [6, 6.07) is 5.96. The molecule has 23 heavy (non-hydrogen) atoms. The second-order valence-corrected chi connectivity index (χ2v) is 5.69. The molecule has 0 bridgehead atoms. The molecule has 0 heterocycles. The van der Waals surface area contributed by atoms with E-state index in [2.05, 4.69) is 38.3 Å². The quantitative estimate of drug-likeness (QED) is 0.610. The highest BCUT2D eigenvalue weighted by atomic mass is 15.1. The Morgan fingerprint density at radius 3 is 1.74 bits per heavy atom. The molecular formula is C21H40N2. The molecule has 1 rings (SSSR count). The van der Waals surface area contributed by atoms with Crippen LogP contribution < -0.4 is 5.73 Å². The number of benzene rings is 1. The number of nitrogens with two attached hydrogens (primary N) is 1. The Labute approximate surface area is 145 Å². The van der Waals surface area contributed by atoms with Crippen molar-refractivity contribution in [2.45, 2.75) is 67.7 Å². The van der Waals surface area contributed by atoms with Crippen molar-refractivity contribution in [3.63, 3.8) is 0 Å². The van der Waals surface area contributed by atoms with Gasteiger partial charge in [-0.2, -0.15) is 0 Å². The lowest BCUT2D eigenvalue weighted by atomic mass is 10.1. The molecule has 0 aliphatic heterocycles. The van der Waals surface area contributed by atoms with Gasteiger partial charge in [-0.1, -0.05) is 52.8 Å². The summed E-state index contributed by atoms with van der Waals surface area (Å²) in [6.07, 6.45) is 3.88. The van der Waals surface area contributed by atoms with Crippen molar-refractivity contribution in [3.05, 3.63) is 35.9 Å². The average molecular weight is 321 g/mol. The molecule has 0 aliphatic carbocycles. The summed E-state index contributed by atoms with van der Waals surface area (Å²) < 4.78 is 0. The number of allylic oxidation sites excluding steroid dienone is 1. The topological polar surface area (TPSA) is 29.3 Å². The fraction of sp³-hybridized carbons (Fsp3) is 0.619. The van der Waals surface area contributed by atoms with E-state index in [1.165, 1.54) is 38.9 Å². The van der Waals surface area contributed by atoms with Crippen LogP contribution in [0.25, 0.3) is 5.57 Å². The average Bonchev–Trinajstić information content (AvgIpc) is 2.53. The predicted molar refractivity (Wildman–Crippen MR) is 109 cm³/mol. The third kappa shape index (κ3) is 11.9. The summed E-state index contributed by atoms with van der Waals surface area (Å²) in [5.74, 6) is 0. The summed E-state index contributed by atoms with van der Waals surface area (Å²) in [5, 5.41) is 0. The molecule has 134 valence electrons. The van der Waals surface area contributed by atoms with Crippen LogP contribution in [-0.4, -0.2) is 24.5 Å². The first-order valence-electron chi connectivity index (χ1n) is 9.20. The molecule has 0 aliphatic rings. The van der Waals surface area contributed by atoms with E-state index in [-0.39, 0.29) is 0 Å². The van der Waals surface area contributed by atoms with Gasteiger partial charge in [0.15, 0.2) is 0 Å². The van der Waals surface area contributed by atoms with E-state index in [4.69, 9.17) is 5.73 Å². The van der Waals surface area contributed by atoms with Crippen molar-refractivity contribution in [2.24, 2.45) is 0 Å². The molecule has 0 amide bonds. The lowest BCUT2D eigenvalue weighted by Crippen LogP contribution is -2.25. The van der Waals surface area contributed by atoms with Gasteiger partial charge in [0.05, 0.1) is 0 Å². The smallest absolute Gasteiger partial charge is 0.0344 e. The van der Waals surface area contributed by atoms with E-state index in [1.54, 1.807) is 0 Å². The Bertz CT molecular complexity index is 396. The van der Waals surface area contributed by atoms with Crippen molar-refractivity contribution >= 4 is 11.3 Å². The van der Waals surface area contributed by atoms with E-state index in [0.717, 1.165) is 22.4 Å². The summed E-state index contributed by atoms with van der Waals surface area (Å²) in [6.45, 7) is 22.4. The Morgan fingerprint density at radius 2 is 1.43 bits per heavy atom. The van der Waals surface area contributed by atoms with Crippen LogP contribution in [-0.2, 0) is 0 Å². The van der Waals surface area contributed by atoms with Crippen LogP contribution in [0.4, 0.5) is 5.69 Å². The van der Waals surface area contributed by atoms with Gasteiger partial charge in [0.1, 0.15) is 0 Å². The maximum atomic E-state index is 5.66. The lowest BCUT2D eigenvalue weighted by molar-refractivity contribution is 0.275. The predicted octanol–water partition coefficient (Wildman–Crippen LogP) is 6.15. The van der Waals surface area contributed by atoms with E-state index >= 15 is 0 Å². The van der Waals surface area contributed by atoms with Gasteiger partial charge in [-0.15, -0.1) is 0 Å². The monoisotopic (exact) mass is 320 g/mol. The van der Waals surface area contributed by atoms with Crippen LogP contribution in [0.5, 0.6) is 0 Å². The third-order valence-corrected chi connectivity index (χ3v) is 3.38. The number of nitrogen functional groups attached to an aromatic ring is 1. The highest BCUT2D eigenvalue weighted by Crippen LogP contribution is 2.17. The number of rotatable bonds is 7. The van der Waals surface area contributed by atoms with Gasteiger partial charge in [-0.25, -0.2) is 0 Å². The molecule has 2 heteroatoms.